The van der Waals surface area contributed by atoms with Crippen LogP contribution in [0.4, 0.5) is 5.69 Å². The first-order valence-corrected chi connectivity index (χ1v) is 10.6. The number of amides is 1. The molecular formula is C19H17N7OS2. The number of nitrogens with one attached hydrogen (secondary N) is 1. The summed E-state index contributed by atoms with van der Waals surface area (Å²) in [4.78, 5) is 24.4. The van der Waals surface area contributed by atoms with Gasteiger partial charge in [-0.3, -0.25) is 9.36 Å². The van der Waals surface area contributed by atoms with Gasteiger partial charge in [0.2, 0.25) is 5.91 Å². The van der Waals surface area contributed by atoms with Gasteiger partial charge in [-0.15, -0.1) is 21.5 Å². The van der Waals surface area contributed by atoms with Crippen LogP contribution in [-0.2, 0) is 10.5 Å². The Kier molecular flexibility index (Phi) is 5.63. The molecule has 4 rings (SSSR count). The monoisotopic (exact) mass is 423 g/mol. The van der Waals surface area contributed by atoms with E-state index in [4.69, 9.17) is 0 Å². The van der Waals surface area contributed by atoms with Crippen molar-refractivity contribution in [2.45, 2.75) is 24.8 Å². The Morgan fingerprint density at radius 1 is 1.21 bits per heavy atom. The van der Waals surface area contributed by atoms with Gasteiger partial charge in [0.05, 0.1) is 11.4 Å². The number of hydrogen-bond donors (Lipinski definition) is 1. The lowest BCUT2D eigenvalue weighted by atomic mass is 10.2. The number of thiazole rings is 1. The minimum atomic E-state index is -0.112. The molecule has 0 atom stereocenters. The van der Waals surface area contributed by atoms with E-state index in [1.165, 1.54) is 18.3 Å². The first kappa shape index (κ1) is 19.2. The van der Waals surface area contributed by atoms with E-state index >= 15 is 0 Å². The topological polar surface area (TPSA) is 98.5 Å². The van der Waals surface area contributed by atoms with Gasteiger partial charge in [0.1, 0.15) is 5.82 Å². The molecule has 0 spiro atoms. The molecule has 0 aliphatic rings. The molecule has 1 N–H and O–H groups in total. The third-order valence-corrected chi connectivity index (χ3v) is 5.73. The lowest BCUT2D eigenvalue weighted by Crippen LogP contribution is -2.07. The molecule has 0 aliphatic heterocycles. The van der Waals surface area contributed by atoms with Gasteiger partial charge in [-0.1, -0.05) is 17.8 Å². The molecule has 8 nitrogen and oxygen atoms in total. The molecule has 10 heteroatoms. The van der Waals surface area contributed by atoms with Crippen LogP contribution in [0.2, 0.25) is 0 Å². The maximum absolute atomic E-state index is 11.3. The first-order chi connectivity index (χ1) is 14.1. The second kappa shape index (κ2) is 8.50. The summed E-state index contributed by atoms with van der Waals surface area (Å²) in [5, 5.41) is 14.9. The van der Waals surface area contributed by atoms with E-state index in [9.17, 15) is 4.79 Å². The normalized spacial score (nSPS) is 10.8. The molecule has 3 aromatic heterocycles. The summed E-state index contributed by atoms with van der Waals surface area (Å²) in [6.07, 6.45) is 3.41. The number of carbonyl (C=O) groups is 1. The van der Waals surface area contributed by atoms with Crippen LogP contribution in [-0.4, -0.2) is 35.6 Å². The van der Waals surface area contributed by atoms with Gasteiger partial charge in [-0.2, -0.15) is 0 Å². The van der Waals surface area contributed by atoms with Gasteiger partial charge < -0.3 is 5.32 Å². The average molecular weight is 424 g/mol. The zero-order valence-electron chi connectivity index (χ0n) is 15.7. The van der Waals surface area contributed by atoms with Crippen LogP contribution < -0.4 is 5.32 Å². The molecule has 29 heavy (non-hydrogen) atoms. The van der Waals surface area contributed by atoms with Gasteiger partial charge in [-0.05, 0) is 31.2 Å². The molecule has 0 saturated heterocycles. The Balaban J connectivity index is 1.53. The van der Waals surface area contributed by atoms with Crippen LogP contribution in [0.3, 0.4) is 0 Å². The van der Waals surface area contributed by atoms with Crippen molar-refractivity contribution in [1.29, 1.82) is 0 Å². The van der Waals surface area contributed by atoms with Crippen molar-refractivity contribution in [3.63, 3.8) is 0 Å². The zero-order chi connectivity index (χ0) is 20.2. The number of rotatable bonds is 6. The van der Waals surface area contributed by atoms with Crippen LogP contribution in [0, 0.1) is 6.92 Å². The highest BCUT2D eigenvalue weighted by Gasteiger charge is 2.14. The predicted octanol–water partition coefficient (Wildman–Crippen LogP) is 3.74. The number of nitrogens with zero attached hydrogens (tertiary/aromatic N) is 6. The smallest absolute Gasteiger partial charge is 0.221 e. The van der Waals surface area contributed by atoms with Crippen molar-refractivity contribution >= 4 is 34.7 Å². The number of hydrogen-bond acceptors (Lipinski definition) is 8. The second-order valence-corrected chi connectivity index (χ2v) is 7.90. The Morgan fingerprint density at radius 3 is 2.83 bits per heavy atom. The standard InChI is InChI=1S/C19H17N7OS2/c1-12-24-25-19(26(12)16-6-3-5-14(9-16)22-13(2)27)29-11-15-10-28-18(23-15)17-20-7-4-8-21-17/h3-10H,11H2,1-2H3,(H,22,27). The summed E-state index contributed by atoms with van der Waals surface area (Å²) in [6, 6.07) is 9.37. The molecule has 0 bridgehead atoms. The van der Waals surface area contributed by atoms with Gasteiger partial charge in [-0.25, -0.2) is 15.0 Å². The summed E-state index contributed by atoms with van der Waals surface area (Å²) in [6.45, 7) is 3.39. The van der Waals surface area contributed by atoms with Crippen LogP contribution in [0.5, 0.6) is 0 Å². The van der Waals surface area contributed by atoms with E-state index in [1.54, 1.807) is 30.2 Å². The van der Waals surface area contributed by atoms with Crippen molar-refractivity contribution in [3.05, 3.63) is 59.6 Å². The van der Waals surface area contributed by atoms with Crippen LogP contribution in [0.25, 0.3) is 16.5 Å². The zero-order valence-corrected chi connectivity index (χ0v) is 17.4. The first-order valence-electron chi connectivity index (χ1n) is 8.75. The lowest BCUT2D eigenvalue weighted by Gasteiger charge is -2.10. The predicted molar refractivity (Wildman–Crippen MR) is 113 cm³/mol. The van der Waals surface area contributed by atoms with Crippen molar-refractivity contribution in [1.82, 2.24) is 29.7 Å². The van der Waals surface area contributed by atoms with E-state index in [0.29, 0.717) is 11.6 Å². The highest BCUT2D eigenvalue weighted by atomic mass is 32.2. The summed E-state index contributed by atoms with van der Waals surface area (Å²) >= 11 is 3.07. The van der Waals surface area contributed by atoms with Crippen LogP contribution in [0.15, 0.2) is 53.3 Å². The molecule has 1 amide bonds. The lowest BCUT2D eigenvalue weighted by molar-refractivity contribution is -0.114. The minimum Gasteiger partial charge on any atom is -0.326 e. The maximum Gasteiger partial charge on any atom is 0.221 e. The van der Waals surface area contributed by atoms with Gasteiger partial charge in [0.25, 0.3) is 0 Å². The summed E-state index contributed by atoms with van der Waals surface area (Å²) < 4.78 is 1.96. The van der Waals surface area contributed by atoms with Crippen molar-refractivity contribution in [3.8, 4) is 16.5 Å². The third-order valence-electron chi connectivity index (χ3n) is 3.88. The Bertz CT molecular complexity index is 1140. The fourth-order valence-electron chi connectivity index (χ4n) is 2.68. The molecule has 1 aromatic carbocycles. The fraction of sp³-hybridized carbons (Fsp3) is 0.158. The van der Waals surface area contributed by atoms with E-state index < -0.39 is 0 Å². The van der Waals surface area contributed by atoms with Crippen LogP contribution >= 0.6 is 23.1 Å². The fourth-order valence-corrected chi connectivity index (χ4v) is 4.44. The Morgan fingerprint density at radius 2 is 2.03 bits per heavy atom. The quantitative estimate of drug-likeness (QED) is 0.472. The molecule has 0 unspecified atom stereocenters. The van der Waals surface area contributed by atoms with E-state index in [0.717, 1.165) is 33.1 Å². The number of aryl methyl sites for hydroxylation is 1. The molecule has 4 aromatic rings. The van der Waals surface area contributed by atoms with Gasteiger partial charge in [0, 0.05) is 36.1 Å². The molecule has 146 valence electrons. The van der Waals surface area contributed by atoms with E-state index in [2.05, 4.69) is 30.5 Å². The van der Waals surface area contributed by atoms with E-state index in [1.807, 2.05) is 41.1 Å². The summed E-state index contributed by atoms with van der Waals surface area (Å²) in [5.41, 5.74) is 2.55. The molecule has 0 aliphatic carbocycles. The number of anilines is 1. The second-order valence-electron chi connectivity index (χ2n) is 6.10. The molecular weight excluding hydrogens is 406 g/mol. The van der Waals surface area contributed by atoms with Crippen molar-refractivity contribution in [2.24, 2.45) is 0 Å². The highest BCUT2D eigenvalue weighted by molar-refractivity contribution is 7.98. The summed E-state index contributed by atoms with van der Waals surface area (Å²) in [7, 11) is 0. The Labute approximate surface area is 175 Å². The number of aromatic nitrogens is 6. The minimum absolute atomic E-state index is 0.112. The molecule has 0 fully saturated rings. The van der Waals surface area contributed by atoms with E-state index in [-0.39, 0.29) is 5.91 Å². The number of thioether (sulfide) groups is 1. The van der Waals surface area contributed by atoms with Gasteiger partial charge >= 0.3 is 0 Å². The summed E-state index contributed by atoms with van der Waals surface area (Å²) in [5.74, 6) is 1.93. The Hall–Kier alpha value is -3.11. The van der Waals surface area contributed by atoms with Gasteiger partial charge in [0.15, 0.2) is 16.0 Å². The molecule has 0 radical (unpaired) electrons. The van der Waals surface area contributed by atoms with Crippen LogP contribution in [0.1, 0.15) is 18.4 Å². The third kappa shape index (κ3) is 4.49. The van der Waals surface area contributed by atoms with Crippen molar-refractivity contribution in [2.75, 3.05) is 5.32 Å². The highest BCUT2D eigenvalue weighted by Crippen LogP contribution is 2.28. The number of carbonyl (C=O) groups excluding carboxylic acids is 1. The largest absolute Gasteiger partial charge is 0.326 e. The molecule has 3 heterocycles. The molecule has 0 saturated carbocycles. The average Bonchev–Trinajstić information content (AvgIpc) is 3.33. The maximum atomic E-state index is 11.3. The SMILES string of the molecule is CC(=O)Nc1cccc(-n2c(C)nnc2SCc2csc(-c3ncccn3)n2)c1. The number of benzene rings is 1. The van der Waals surface area contributed by atoms with Crippen molar-refractivity contribution < 1.29 is 4.79 Å².